The number of piperidine rings is 1. The number of benzene rings is 1. The number of nitrogens with zero attached hydrogens (tertiary/aromatic N) is 4. The second-order valence-corrected chi connectivity index (χ2v) is 11.5. The van der Waals surface area contributed by atoms with E-state index in [-0.39, 0.29) is 23.2 Å². The minimum Gasteiger partial charge on any atom is -0.477 e. The number of ether oxygens (including phenoxy) is 1. The third-order valence-electron chi connectivity index (χ3n) is 7.51. The van der Waals surface area contributed by atoms with Gasteiger partial charge in [-0.15, -0.1) is 0 Å². The number of rotatable bonds is 6. The number of anilines is 1. The van der Waals surface area contributed by atoms with Crippen molar-refractivity contribution in [2.24, 2.45) is 11.3 Å². The van der Waals surface area contributed by atoms with E-state index in [0.29, 0.717) is 40.6 Å². The van der Waals surface area contributed by atoms with Gasteiger partial charge >= 0.3 is 0 Å². The Morgan fingerprint density at radius 3 is 2.22 bits per heavy atom. The van der Waals surface area contributed by atoms with Crippen LogP contribution in [0.15, 0.2) is 60.9 Å². The van der Waals surface area contributed by atoms with E-state index in [1.165, 1.54) is 0 Å². The van der Waals surface area contributed by atoms with E-state index in [9.17, 15) is 4.79 Å². The Morgan fingerprint density at radius 2 is 1.59 bits per heavy atom. The first kappa shape index (κ1) is 26.1. The van der Waals surface area contributed by atoms with Gasteiger partial charge in [0.25, 0.3) is 0 Å². The maximum Gasteiger partial charge on any atom is 0.225 e. The zero-order valence-electron chi connectivity index (χ0n) is 20.6. The third kappa shape index (κ3) is 5.97. The molecule has 0 bridgehead atoms. The van der Waals surface area contributed by atoms with Crippen molar-refractivity contribution < 1.29 is 9.53 Å². The topological polar surface area (TPSA) is 58.6 Å². The molecule has 0 N–H and O–H groups in total. The van der Waals surface area contributed by atoms with Gasteiger partial charge in [0.05, 0.1) is 16.7 Å². The molecule has 6 nitrogen and oxygen atoms in total. The Hall–Kier alpha value is -2.54. The summed E-state index contributed by atoms with van der Waals surface area (Å²) in [5.41, 5.74) is 0.858. The van der Waals surface area contributed by atoms with Crippen LogP contribution in [0.25, 0.3) is 0 Å². The van der Waals surface area contributed by atoms with Crippen molar-refractivity contribution in [2.45, 2.75) is 25.7 Å². The van der Waals surface area contributed by atoms with Gasteiger partial charge < -0.3 is 14.5 Å². The molecule has 2 atom stereocenters. The molecule has 0 radical (unpaired) electrons. The SMILES string of the molecule is C[C@]1(COc2ccc(Cl)cn2)CN(C(=O)C2CCN(c3ccc(Cl)cn3)CC2)C[C@@H]1c1ccc(Cl)cc1. The Kier molecular flexibility index (Phi) is 7.80. The quantitative estimate of drug-likeness (QED) is 0.351. The minimum absolute atomic E-state index is 0.00406. The lowest BCUT2D eigenvalue weighted by atomic mass is 9.77. The summed E-state index contributed by atoms with van der Waals surface area (Å²) in [6.45, 7) is 5.47. The molecule has 0 aliphatic carbocycles. The van der Waals surface area contributed by atoms with Crippen molar-refractivity contribution in [1.82, 2.24) is 14.9 Å². The van der Waals surface area contributed by atoms with Crippen LogP contribution < -0.4 is 9.64 Å². The molecule has 4 heterocycles. The largest absolute Gasteiger partial charge is 0.477 e. The van der Waals surface area contributed by atoms with Crippen LogP contribution in [-0.2, 0) is 4.79 Å². The number of likely N-dealkylation sites (tertiary alicyclic amines) is 1. The molecule has 2 aliphatic rings. The molecule has 2 fully saturated rings. The van der Waals surface area contributed by atoms with Crippen molar-refractivity contribution in [3.8, 4) is 5.88 Å². The fourth-order valence-corrected chi connectivity index (χ4v) is 5.77. The number of hydrogen-bond acceptors (Lipinski definition) is 5. The van der Waals surface area contributed by atoms with E-state index in [1.54, 1.807) is 24.5 Å². The molecule has 2 aliphatic heterocycles. The highest BCUT2D eigenvalue weighted by molar-refractivity contribution is 6.31. The highest BCUT2D eigenvalue weighted by Crippen LogP contribution is 2.44. The molecule has 1 amide bonds. The van der Waals surface area contributed by atoms with Gasteiger partial charge in [0.2, 0.25) is 11.8 Å². The molecule has 2 aromatic heterocycles. The van der Waals surface area contributed by atoms with Crippen molar-refractivity contribution >= 4 is 46.5 Å². The number of carbonyl (C=O) groups is 1. The van der Waals surface area contributed by atoms with Gasteiger partial charge in [-0.3, -0.25) is 4.79 Å². The van der Waals surface area contributed by atoms with Crippen molar-refractivity contribution in [1.29, 1.82) is 0 Å². The minimum atomic E-state index is -0.293. The predicted molar refractivity (Wildman–Crippen MR) is 148 cm³/mol. The average molecular weight is 560 g/mol. The molecule has 0 saturated carbocycles. The third-order valence-corrected chi connectivity index (χ3v) is 8.21. The molecule has 9 heteroatoms. The van der Waals surface area contributed by atoms with Crippen LogP contribution in [0.3, 0.4) is 0 Å². The van der Waals surface area contributed by atoms with Gasteiger partial charge in [-0.2, -0.15) is 0 Å². The first-order valence-electron chi connectivity index (χ1n) is 12.5. The first-order chi connectivity index (χ1) is 17.8. The van der Waals surface area contributed by atoms with E-state index < -0.39 is 0 Å². The molecular weight excluding hydrogens is 531 g/mol. The Bertz CT molecular complexity index is 1220. The molecule has 5 rings (SSSR count). The van der Waals surface area contributed by atoms with Crippen LogP contribution in [0, 0.1) is 11.3 Å². The molecule has 0 unspecified atom stereocenters. The smallest absolute Gasteiger partial charge is 0.225 e. The summed E-state index contributed by atoms with van der Waals surface area (Å²) in [5.74, 6) is 1.75. The summed E-state index contributed by atoms with van der Waals surface area (Å²) >= 11 is 18.1. The molecular formula is C28H29Cl3N4O2. The Labute approximate surface area is 232 Å². The second kappa shape index (κ2) is 11.1. The molecule has 2 saturated heterocycles. The monoisotopic (exact) mass is 558 g/mol. The van der Waals surface area contributed by atoms with Gasteiger partial charge in [0.15, 0.2) is 0 Å². The zero-order valence-corrected chi connectivity index (χ0v) is 22.9. The summed E-state index contributed by atoms with van der Waals surface area (Å²) in [4.78, 5) is 26.7. The van der Waals surface area contributed by atoms with Crippen molar-refractivity contribution in [3.05, 3.63) is 81.6 Å². The lowest BCUT2D eigenvalue weighted by molar-refractivity contribution is -0.135. The van der Waals surface area contributed by atoms with Crippen molar-refractivity contribution in [3.63, 3.8) is 0 Å². The standard InChI is InChI=1S/C28H29Cl3N4O2/c1-28(18-37-26-9-7-23(31)15-33-26)17-35(16-24(28)19-2-4-21(29)5-3-19)27(36)20-10-12-34(13-11-20)25-8-6-22(30)14-32-25/h2-9,14-15,20,24H,10-13,16-18H2,1H3/t24-,28-/m1/s1. The van der Waals surface area contributed by atoms with Gasteiger partial charge in [-0.25, -0.2) is 9.97 Å². The van der Waals surface area contributed by atoms with E-state index in [1.807, 2.05) is 29.2 Å². The first-order valence-corrected chi connectivity index (χ1v) is 13.6. The maximum atomic E-state index is 13.7. The summed E-state index contributed by atoms with van der Waals surface area (Å²) in [6.07, 6.45) is 4.84. The number of amides is 1. The van der Waals surface area contributed by atoms with E-state index >= 15 is 0 Å². The van der Waals surface area contributed by atoms with Crippen LogP contribution in [0.4, 0.5) is 5.82 Å². The van der Waals surface area contributed by atoms with Crippen LogP contribution >= 0.6 is 34.8 Å². The Balaban J connectivity index is 1.28. The summed E-state index contributed by atoms with van der Waals surface area (Å²) in [7, 11) is 0. The van der Waals surface area contributed by atoms with E-state index in [4.69, 9.17) is 39.5 Å². The zero-order chi connectivity index (χ0) is 26.0. The fraction of sp³-hybridized carbons (Fsp3) is 0.393. The highest BCUT2D eigenvalue weighted by Gasteiger charge is 2.47. The van der Waals surface area contributed by atoms with Gasteiger partial charge in [-0.05, 0) is 48.7 Å². The van der Waals surface area contributed by atoms with Gasteiger partial charge in [0.1, 0.15) is 5.82 Å². The van der Waals surface area contributed by atoms with Gasteiger partial charge in [0, 0.05) is 66.9 Å². The molecule has 37 heavy (non-hydrogen) atoms. The lowest BCUT2D eigenvalue weighted by Gasteiger charge is -2.34. The average Bonchev–Trinajstić information content (AvgIpc) is 3.26. The van der Waals surface area contributed by atoms with Crippen molar-refractivity contribution in [2.75, 3.05) is 37.7 Å². The Morgan fingerprint density at radius 1 is 0.946 bits per heavy atom. The van der Waals surface area contributed by atoms with Crippen LogP contribution in [-0.4, -0.2) is 53.6 Å². The number of carbonyl (C=O) groups excluding carboxylic acids is 1. The van der Waals surface area contributed by atoms with Crippen LogP contribution in [0.5, 0.6) is 5.88 Å². The summed E-state index contributed by atoms with van der Waals surface area (Å²) in [5, 5.41) is 1.88. The second-order valence-electron chi connectivity index (χ2n) is 10.2. The van der Waals surface area contributed by atoms with Gasteiger partial charge in [-0.1, -0.05) is 53.9 Å². The van der Waals surface area contributed by atoms with Crippen LogP contribution in [0.1, 0.15) is 31.2 Å². The molecule has 0 spiro atoms. The molecule has 1 aromatic carbocycles. The van der Waals surface area contributed by atoms with E-state index in [2.05, 4.69) is 33.9 Å². The maximum absolute atomic E-state index is 13.7. The predicted octanol–water partition coefficient (Wildman–Crippen LogP) is 6.36. The molecule has 3 aromatic rings. The fourth-order valence-electron chi connectivity index (χ4n) is 5.42. The van der Waals surface area contributed by atoms with Crippen LogP contribution in [0.2, 0.25) is 15.1 Å². The normalized spacial score (nSPS) is 22.3. The highest BCUT2D eigenvalue weighted by atomic mass is 35.5. The number of pyridine rings is 2. The number of aromatic nitrogens is 2. The summed E-state index contributed by atoms with van der Waals surface area (Å²) < 4.78 is 6.11. The number of hydrogen-bond donors (Lipinski definition) is 0. The summed E-state index contributed by atoms with van der Waals surface area (Å²) in [6, 6.07) is 15.2. The number of halogens is 3. The van der Waals surface area contributed by atoms with E-state index in [0.717, 1.165) is 37.3 Å². The molecule has 194 valence electrons. The lowest BCUT2D eigenvalue weighted by Crippen LogP contribution is -2.43.